The van der Waals surface area contributed by atoms with Gasteiger partial charge in [-0.15, -0.1) is 0 Å². The Hall–Kier alpha value is -1.87. The fourth-order valence-corrected chi connectivity index (χ4v) is 2.72. The van der Waals surface area contributed by atoms with Crippen LogP contribution in [-0.2, 0) is 12.8 Å². The SMILES string of the molecule is CCc1cccc(CC)c1NC(=S)Nc1ccc(C)c(C)c1. The van der Waals surface area contributed by atoms with Crippen LogP contribution in [0.25, 0.3) is 0 Å². The molecule has 22 heavy (non-hydrogen) atoms. The minimum Gasteiger partial charge on any atom is -0.332 e. The van der Waals surface area contributed by atoms with E-state index in [0.29, 0.717) is 5.11 Å². The van der Waals surface area contributed by atoms with Gasteiger partial charge in [0.25, 0.3) is 0 Å². The number of nitrogens with one attached hydrogen (secondary N) is 2. The predicted molar refractivity (Wildman–Crippen MR) is 101 cm³/mol. The molecule has 0 amide bonds. The second kappa shape index (κ2) is 7.41. The van der Waals surface area contributed by atoms with E-state index < -0.39 is 0 Å². The van der Waals surface area contributed by atoms with Crippen LogP contribution in [0.2, 0.25) is 0 Å². The molecule has 0 aliphatic heterocycles. The number of hydrogen-bond acceptors (Lipinski definition) is 1. The van der Waals surface area contributed by atoms with Gasteiger partial charge in [0.1, 0.15) is 0 Å². The van der Waals surface area contributed by atoms with E-state index >= 15 is 0 Å². The number of para-hydroxylation sites is 1. The van der Waals surface area contributed by atoms with Crippen molar-refractivity contribution in [2.75, 3.05) is 10.6 Å². The summed E-state index contributed by atoms with van der Waals surface area (Å²) in [6.45, 7) is 8.55. The summed E-state index contributed by atoms with van der Waals surface area (Å²) in [5.41, 5.74) is 7.30. The highest BCUT2D eigenvalue weighted by Gasteiger charge is 2.08. The minimum absolute atomic E-state index is 0.638. The van der Waals surface area contributed by atoms with Gasteiger partial charge in [0, 0.05) is 11.4 Å². The molecular formula is C19H24N2S. The van der Waals surface area contributed by atoms with Crippen LogP contribution in [0, 0.1) is 13.8 Å². The third-order valence-corrected chi connectivity index (χ3v) is 4.21. The fraction of sp³-hybridized carbons (Fsp3) is 0.316. The van der Waals surface area contributed by atoms with Crippen molar-refractivity contribution in [2.24, 2.45) is 0 Å². The summed E-state index contributed by atoms with van der Waals surface area (Å²) in [5.74, 6) is 0. The average molecular weight is 312 g/mol. The van der Waals surface area contributed by atoms with Crippen molar-refractivity contribution in [1.82, 2.24) is 0 Å². The van der Waals surface area contributed by atoms with Gasteiger partial charge in [-0.2, -0.15) is 0 Å². The molecule has 0 aromatic heterocycles. The second-order valence-corrected chi connectivity index (χ2v) is 5.94. The first-order valence-corrected chi connectivity index (χ1v) is 8.22. The van der Waals surface area contributed by atoms with Gasteiger partial charge in [-0.25, -0.2) is 0 Å². The standard InChI is InChI=1S/C19H24N2S/c1-5-15-8-7-9-16(6-2)18(15)21-19(22)20-17-11-10-13(3)14(4)12-17/h7-12H,5-6H2,1-4H3,(H2,20,21,22). The normalized spacial score (nSPS) is 10.4. The summed E-state index contributed by atoms with van der Waals surface area (Å²) in [4.78, 5) is 0. The zero-order valence-corrected chi connectivity index (χ0v) is 14.6. The minimum atomic E-state index is 0.638. The Balaban J connectivity index is 2.17. The second-order valence-electron chi connectivity index (χ2n) is 5.54. The fourth-order valence-electron chi connectivity index (χ4n) is 2.50. The summed E-state index contributed by atoms with van der Waals surface area (Å²) < 4.78 is 0. The van der Waals surface area contributed by atoms with Crippen molar-refractivity contribution in [3.8, 4) is 0 Å². The van der Waals surface area contributed by atoms with Crippen molar-refractivity contribution < 1.29 is 0 Å². The van der Waals surface area contributed by atoms with E-state index in [1.807, 2.05) is 0 Å². The molecule has 0 unspecified atom stereocenters. The van der Waals surface area contributed by atoms with E-state index in [1.54, 1.807) is 0 Å². The quantitative estimate of drug-likeness (QED) is 0.755. The monoisotopic (exact) mass is 312 g/mol. The van der Waals surface area contributed by atoms with Gasteiger partial charge >= 0.3 is 0 Å². The summed E-state index contributed by atoms with van der Waals surface area (Å²) in [5, 5.41) is 7.30. The van der Waals surface area contributed by atoms with Gasteiger partial charge in [0.15, 0.2) is 5.11 Å². The number of benzene rings is 2. The highest BCUT2D eigenvalue weighted by Crippen LogP contribution is 2.23. The maximum atomic E-state index is 5.49. The molecule has 0 aliphatic carbocycles. The lowest BCUT2D eigenvalue weighted by atomic mass is 10.0. The number of thiocarbonyl (C=S) groups is 1. The zero-order valence-electron chi connectivity index (χ0n) is 13.8. The van der Waals surface area contributed by atoms with Crippen LogP contribution < -0.4 is 10.6 Å². The van der Waals surface area contributed by atoms with E-state index in [9.17, 15) is 0 Å². The summed E-state index contributed by atoms with van der Waals surface area (Å²) in [6.07, 6.45) is 1.98. The Labute approximate surface area is 139 Å². The molecule has 0 fully saturated rings. The van der Waals surface area contributed by atoms with Crippen LogP contribution in [-0.4, -0.2) is 5.11 Å². The van der Waals surface area contributed by atoms with Crippen molar-refractivity contribution in [3.63, 3.8) is 0 Å². The van der Waals surface area contributed by atoms with Gasteiger partial charge in [0.2, 0.25) is 0 Å². The zero-order chi connectivity index (χ0) is 16.1. The molecule has 2 rings (SSSR count). The molecule has 0 saturated heterocycles. The summed E-state index contributed by atoms with van der Waals surface area (Å²) in [6, 6.07) is 12.7. The van der Waals surface area contributed by atoms with Gasteiger partial charge in [-0.1, -0.05) is 38.1 Å². The third kappa shape index (κ3) is 3.86. The molecule has 116 valence electrons. The molecule has 3 heteroatoms. The van der Waals surface area contributed by atoms with Crippen molar-refractivity contribution >= 4 is 28.7 Å². The Morgan fingerprint density at radius 3 is 2.09 bits per heavy atom. The highest BCUT2D eigenvalue weighted by atomic mass is 32.1. The highest BCUT2D eigenvalue weighted by molar-refractivity contribution is 7.80. The molecule has 0 radical (unpaired) electrons. The molecule has 0 saturated carbocycles. The van der Waals surface area contributed by atoms with Crippen molar-refractivity contribution in [1.29, 1.82) is 0 Å². The number of anilines is 2. The van der Waals surface area contributed by atoms with Crippen LogP contribution in [0.3, 0.4) is 0 Å². The van der Waals surface area contributed by atoms with Crippen LogP contribution >= 0.6 is 12.2 Å². The largest absolute Gasteiger partial charge is 0.332 e. The predicted octanol–water partition coefficient (Wildman–Crippen LogP) is 5.24. The maximum absolute atomic E-state index is 5.49. The van der Waals surface area contributed by atoms with E-state index in [2.05, 4.69) is 74.7 Å². The van der Waals surface area contributed by atoms with E-state index in [-0.39, 0.29) is 0 Å². The lowest BCUT2D eigenvalue weighted by Gasteiger charge is -2.17. The Morgan fingerprint density at radius 1 is 0.909 bits per heavy atom. The first-order chi connectivity index (χ1) is 10.5. The van der Waals surface area contributed by atoms with Crippen LogP contribution in [0.1, 0.15) is 36.1 Å². The molecule has 0 bridgehead atoms. The molecular weight excluding hydrogens is 288 g/mol. The molecule has 2 nitrogen and oxygen atoms in total. The van der Waals surface area contributed by atoms with Gasteiger partial charge in [0.05, 0.1) is 0 Å². The van der Waals surface area contributed by atoms with Crippen molar-refractivity contribution in [2.45, 2.75) is 40.5 Å². The molecule has 2 N–H and O–H groups in total. The van der Waals surface area contributed by atoms with E-state index in [4.69, 9.17) is 12.2 Å². The number of hydrogen-bond donors (Lipinski definition) is 2. The molecule has 0 aliphatic rings. The first-order valence-electron chi connectivity index (χ1n) is 7.81. The van der Waals surface area contributed by atoms with Crippen LogP contribution in [0.4, 0.5) is 11.4 Å². The molecule has 2 aromatic rings. The Morgan fingerprint density at radius 2 is 1.55 bits per heavy atom. The van der Waals surface area contributed by atoms with Crippen LogP contribution in [0.5, 0.6) is 0 Å². The topological polar surface area (TPSA) is 24.1 Å². The van der Waals surface area contributed by atoms with Crippen molar-refractivity contribution in [3.05, 3.63) is 58.7 Å². The number of aryl methyl sites for hydroxylation is 4. The Bertz CT molecular complexity index is 655. The lowest BCUT2D eigenvalue weighted by Crippen LogP contribution is -2.21. The molecule has 0 heterocycles. The summed E-state index contributed by atoms with van der Waals surface area (Å²) >= 11 is 5.49. The molecule has 0 atom stereocenters. The first kappa shape index (κ1) is 16.5. The number of rotatable bonds is 4. The van der Waals surface area contributed by atoms with Crippen LogP contribution in [0.15, 0.2) is 36.4 Å². The van der Waals surface area contributed by atoms with E-state index in [1.165, 1.54) is 22.3 Å². The van der Waals surface area contributed by atoms with Gasteiger partial charge < -0.3 is 10.6 Å². The lowest BCUT2D eigenvalue weighted by molar-refractivity contribution is 1.09. The van der Waals surface area contributed by atoms with Gasteiger partial charge in [-0.3, -0.25) is 0 Å². The van der Waals surface area contributed by atoms with Gasteiger partial charge in [-0.05, 0) is 73.3 Å². The maximum Gasteiger partial charge on any atom is 0.175 e. The third-order valence-electron chi connectivity index (χ3n) is 4.00. The average Bonchev–Trinajstić information content (AvgIpc) is 2.51. The smallest absolute Gasteiger partial charge is 0.175 e. The van der Waals surface area contributed by atoms with E-state index in [0.717, 1.165) is 24.2 Å². The Kier molecular flexibility index (Phi) is 5.56. The molecule has 2 aromatic carbocycles. The summed E-state index contributed by atoms with van der Waals surface area (Å²) in [7, 11) is 0. The molecule has 0 spiro atoms.